The van der Waals surface area contributed by atoms with Gasteiger partial charge < -0.3 is 0 Å². The normalized spacial score (nSPS) is 10.9. The molecule has 4 rings (SSSR count). The quantitative estimate of drug-likeness (QED) is 0.439. The van der Waals surface area contributed by atoms with E-state index in [1.807, 2.05) is 12.4 Å². The van der Waals surface area contributed by atoms with E-state index in [4.69, 9.17) is 4.98 Å². The van der Waals surface area contributed by atoms with E-state index >= 15 is 0 Å². The van der Waals surface area contributed by atoms with Crippen molar-refractivity contribution >= 4 is 0 Å². The Bertz CT molecular complexity index is 1020. The molecule has 0 bridgehead atoms. The van der Waals surface area contributed by atoms with Crippen molar-refractivity contribution in [2.24, 2.45) is 0 Å². The predicted molar refractivity (Wildman–Crippen MR) is 109 cm³/mol. The molecule has 0 atom stereocenters. The van der Waals surface area contributed by atoms with Crippen molar-refractivity contribution in [1.29, 1.82) is 0 Å². The lowest BCUT2D eigenvalue weighted by Crippen LogP contribution is -2.02. The van der Waals surface area contributed by atoms with E-state index in [2.05, 4.69) is 92.1 Å². The molecule has 1 aromatic heterocycles. The lowest BCUT2D eigenvalue weighted by Gasteiger charge is -2.16. The molecule has 0 amide bonds. The van der Waals surface area contributed by atoms with Gasteiger partial charge in [0.1, 0.15) is 6.33 Å². The third-order valence-electron chi connectivity index (χ3n) is 4.74. The fraction of sp³-hybridized carbons (Fsp3) is 0.125. The van der Waals surface area contributed by atoms with Crippen LogP contribution in [-0.4, -0.2) is 9.55 Å². The Morgan fingerprint density at radius 1 is 0.692 bits per heavy atom. The molecule has 0 N–H and O–H groups in total. The number of aromatic nitrogens is 2. The monoisotopic (exact) mass is 338 g/mol. The fourth-order valence-corrected chi connectivity index (χ4v) is 3.75. The summed E-state index contributed by atoms with van der Waals surface area (Å²) in [7, 11) is 0. The van der Waals surface area contributed by atoms with Crippen LogP contribution in [0.4, 0.5) is 0 Å². The highest BCUT2D eigenvalue weighted by Gasteiger charge is 2.18. The molecule has 2 heteroatoms. The SMILES string of the molecule is Cc1cc(C)c(-n2cnc(-c3ccccc3)c2-c2ccccc2)c(C)c1. The van der Waals surface area contributed by atoms with Crippen LogP contribution in [0.1, 0.15) is 16.7 Å². The lowest BCUT2D eigenvalue weighted by atomic mass is 10.0. The second-order valence-electron chi connectivity index (χ2n) is 6.79. The van der Waals surface area contributed by atoms with Gasteiger partial charge in [0.2, 0.25) is 0 Å². The zero-order valence-corrected chi connectivity index (χ0v) is 15.4. The van der Waals surface area contributed by atoms with Gasteiger partial charge in [0.05, 0.1) is 17.1 Å². The number of imidazole rings is 1. The van der Waals surface area contributed by atoms with Crippen molar-refractivity contribution in [3.63, 3.8) is 0 Å². The van der Waals surface area contributed by atoms with Crippen LogP contribution in [0.2, 0.25) is 0 Å². The molecular weight excluding hydrogens is 316 g/mol. The van der Waals surface area contributed by atoms with Crippen LogP contribution in [0.15, 0.2) is 79.1 Å². The third-order valence-corrected chi connectivity index (χ3v) is 4.74. The van der Waals surface area contributed by atoms with Crippen LogP contribution in [0.5, 0.6) is 0 Å². The second kappa shape index (κ2) is 6.64. The van der Waals surface area contributed by atoms with E-state index in [-0.39, 0.29) is 0 Å². The van der Waals surface area contributed by atoms with Gasteiger partial charge in [0.15, 0.2) is 0 Å². The van der Waals surface area contributed by atoms with Crippen LogP contribution < -0.4 is 0 Å². The van der Waals surface area contributed by atoms with Crippen molar-refractivity contribution in [3.05, 3.63) is 95.8 Å². The van der Waals surface area contributed by atoms with E-state index in [9.17, 15) is 0 Å². The first-order valence-corrected chi connectivity index (χ1v) is 8.91. The number of rotatable bonds is 3. The maximum atomic E-state index is 4.81. The predicted octanol–water partition coefficient (Wildman–Crippen LogP) is 6.13. The molecule has 1 heterocycles. The number of benzene rings is 3. The van der Waals surface area contributed by atoms with Gasteiger partial charge in [-0.15, -0.1) is 0 Å². The zero-order chi connectivity index (χ0) is 18.1. The van der Waals surface area contributed by atoms with Crippen molar-refractivity contribution in [3.8, 4) is 28.2 Å². The summed E-state index contributed by atoms with van der Waals surface area (Å²) >= 11 is 0. The maximum absolute atomic E-state index is 4.81. The Balaban J connectivity index is 2.02. The Kier molecular flexibility index (Phi) is 4.18. The largest absolute Gasteiger partial charge is 0.298 e. The summed E-state index contributed by atoms with van der Waals surface area (Å²) in [4.78, 5) is 4.81. The molecule has 128 valence electrons. The molecule has 4 aromatic rings. The van der Waals surface area contributed by atoms with Crippen molar-refractivity contribution < 1.29 is 0 Å². The average molecular weight is 338 g/mol. The lowest BCUT2D eigenvalue weighted by molar-refractivity contribution is 1.02. The molecular formula is C24H22N2. The van der Waals surface area contributed by atoms with Gasteiger partial charge in [0.25, 0.3) is 0 Å². The molecule has 0 spiro atoms. The first-order chi connectivity index (χ1) is 12.6. The molecule has 0 aliphatic heterocycles. The zero-order valence-electron chi connectivity index (χ0n) is 15.4. The van der Waals surface area contributed by atoms with Gasteiger partial charge in [-0.05, 0) is 31.9 Å². The minimum Gasteiger partial charge on any atom is -0.298 e. The molecule has 0 unspecified atom stereocenters. The van der Waals surface area contributed by atoms with Crippen LogP contribution in [-0.2, 0) is 0 Å². The standard InChI is InChI=1S/C24H22N2/c1-17-14-18(2)23(19(3)15-17)26-16-25-22(20-10-6-4-7-11-20)24(26)21-12-8-5-9-13-21/h4-16H,1-3H3. The molecule has 26 heavy (non-hydrogen) atoms. The van der Waals surface area contributed by atoms with E-state index in [1.165, 1.54) is 27.9 Å². The molecule has 0 radical (unpaired) electrons. The van der Waals surface area contributed by atoms with Gasteiger partial charge >= 0.3 is 0 Å². The Morgan fingerprint density at radius 3 is 1.81 bits per heavy atom. The van der Waals surface area contributed by atoms with E-state index in [0.717, 1.165) is 17.0 Å². The summed E-state index contributed by atoms with van der Waals surface area (Å²) in [6, 6.07) is 25.4. The third kappa shape index (κ3) is 2.84. The van der Waals surface area contributed by atoms with E-state index in [0.29, 0.717) is 0 Å². The highest BCUT2D eigenvalue weighted by atomic mass is 15.1. The fourth-order valence-electron chi connectivity index (χ4n) is 3.75. The van der Waals surface area contributed by atoms with Crippen LogP contribution in [0.25, 0.3) is 28.2 Å². The number of hydrogen-bond acceptors (Lipinski definition) is 1. The number of nitrogens with zero attached hydrogens (tertiary/aromatic N) is 2. The summed E-state index contributed by atoms with van der Waals surface area (Å²) < 4.78 is 2.24. The Hall–Kier alpha value is -3.13. The Morgan fingerprint density at radius 2 is 1.23 bits per heavy atom. The van der Waals surface area contributed by atoms with Crippen LogP contribution in [0, 0.1) is 20.8 Å². The first-order valence-electron chi connectivity index (χ1n) is 8.91. The summed E-state index contributed by atoms with van der Waals surface area (Å²) in [5.41, 5.74) is 9.46. The second-order valence-corrected chi connectivity index (χ2v) is 6.79. The maximum Gasteiger partial charge on any atom is 0.100 e. The van der Waals surface area contributed by atoms with E-state index < -0.39 is 0 Å². The van der Waals surface area contributed by atoms with Crippen molar-refractivity contribution in [2.45, 2.75) is 20.8 Å². The minimum atomic E-state index is 1.01. The molecule has 0 saturated heterocycles. The van der Waals surface area contributed by atoms with E-state index in [1.54, 1.807) is 0 Å². The number of aryl methyl sites for hydroxylation is 3. The smallest absolute Gasteiger partial charge is 0.100 e. The van der Waals surface area contributed by atoms with Crippen LogP contribution >= 0.6 is 0 Å². The van der Waals surface area contributed by atoms with Crippen LogP contribution in [0.3, 0.4) is 0 Å². The molecule has 2 nitrogen and oxygen atoms in total. The molecule has 3 aromatic carbocycles. The van der Waals surface area contributed by atoms with Gasteiger partial charge in [-0.25, -0.2) is 4.98 Å². The average Bonchev–Trinajstić information content (AvgIpc) is 3.07. The topological polar surface area (TPSA) is 17.8 Å². The van der Waals surface area contributed by atoms with Gasteiger partial charge in [-0.3, -0.25) is 4.57 Å². The van der Waals surface area contributed by atoms with Crippen molar-refractivity contribution in [2.75, 3.05) is 0 Å². The minimum absolute atomic E-state index is 1.01. The van der Waals surface area contributed by atoms with Gasteiger partial charge in [-0.1, -0.05) is 78.4 Å². The summed E-state index contributed by atoms with van der Waals surface area (Å²) in [5.74, 6) is 0. The molecule has 0 aliphatic carbocycles. The van der Waals surface area contributed by atoms with Crippen molar-refractivity contribution in [1.82, 2.24) is 9.55 Å². The summed E-state index contributed by atoms with van der Waals surface area (Å²) in [5, 5.41) is 0. The molecule has 0 aliphatic rings. The van der Waals surface area contributed by atoms with Gasteiger partial charge in [0, 0.05) is 11.1 Å². The molecule has 0 saturated carbocycles. The summed E-state index contributed by atoms with van der Waals surface area (Å²) in [6.07, 6.45) is 1.95. The number of hydrogen-bond donors (Lipinski definition) is 0. The highest BCUT2D eigenvalue weighted by Crippen LogP contribution is 2.35. The summed E-state index contributed by atoms with van der Waals surface area (Å²) in [6.45, 7) is 6.49. The molecule has 0 fully saturated rings. The van der Waals surface area contributed by atoms with Gasteiger partial charge in [-0.2, -0.15) is 0 Å². The first kappa shape index (κ1) is 16.3. The highest BCUT2D eigenvalue weighted by molar-refractivity contribution is 5.80. The Labute approximate surface area is 154 Å².